The molecule has 2 aromatic rings. The average molecular weight is 294 g/mol. The minimum absolute atomic E-state index is 0.102. The maximum absolute atomic E-state index is 12.6. The number of rotatable bonds is 4. The molecule has 0 saturated heterocycles. The van der Waals surface area contributed by atoms with Gasteiger partial charge in [-0.05, 0) is 17.7 Å². The van der Waals surface area contributed by atoms with E-state index >= 15 is 0 Å². The van der Waals surface area contributed by atoms with Crippen LogP contribution >= 0.6 is 0 Å². The highest BCUT2D eigenvalue weighted by atomic mass is 16.2. The van der Waals surface area contributed by atoms with Crippen LogP contribution in [0.25, 0.3) is 0 Å². The second-order valence-electron chi connectivity index (χ2n) is 5.12. The van der Waals surface area contributed by atoms with Crippen LogP contribution in [0.1, 0.15) is 38.7 Å². The van der Waals surface area contributed by atoms with Crippen LogP contribution in [0.5, 0.6) is 0 Å². The number of hydrogen-bond acceptors (Lipinski definition) is 3. The maximum atomic E-state index is 12.6. The van der Waals surface area contributed by atoms with Crippen molar-refractivity contribution in [3.8, 4) is 0 Å². The molecule has 0 aliphatic carbocycles. The average Bonchev–Trinajstić information content (AvgIpc) is 2.78. The SMILES string of the molecule is NC(=O)CC(c1ccccc1)N1C(=O)c2ccccc2C1=O. The number of fused-ring (bicyclic) bond motifs is 1. The van der Waals surface area contributed by atoms with E-state index in [1.807, 2.05) is 6.07 Å². The zero-order valence-corrected chi connectivity index (χ0v) is 11.7. The molecular weight excluding hydrogens is 280 g/mol. The quantitative estimate of drug-likeness (QED) is 0.874. The molecule has 0 spiro atoms. The van der Waals surface area contributed by atoms with E-state index in [0.717, 1.165) is 4.90 Å². The summed E-state index contributed by atoms with van der Waals surface area (Å²) in [4.78, 5) is 37.6. The Kier molecular flexibility index (Phi) is 3.47. The van der Waals surface area contributed by atoms with Gasteiger partial charge in [-0.1, -0.05) is 42.5 Å². The minimum Gasteiger partial charge on any atom is -0.370 e. The van der Waals surface area contributed by atoms with Crippen molar-refractivity contribution in [1.29, 1.82) is 0 Å². The first-order chi connectivity index (χ1) is 10.6. The van der Waals surface area contributed by atoms with E-state index in [9.17, 15) is 14.4 Å². The van der Waals surface area contributed by atoms with Crippen LogP contribution in [0.2, 0.25) is 0 Å². The molecule has 1 atom stereocenters. The fourth-order valence-electron chi connectivity index (χ4n) is 2.71. The lowest BCUT2D eigenvalue weighted by Crippen LogP contribution is -2.36. The van der Waals surface area contributed by atoms with Crippen LogP contribution in [-0.4, -0.2) is 22.6 Å². The Bertz CT molecular complexity index is 721. The number of nitrogens with two attached hydrogens (primary N) is 1. The molecule has 110 valence electrons. The molecule has 0 radical (unpaired) electrons. The zero-order chi connectivity index (χ0) is 15.7. The van der Waals surface area contributed by atoms with Crippen molar-refractivity contribution in [2.75, 3.05) is 0 Å². The fourth-order valence-corrected chi connectivity index (χ4v) is 2.71. The van der Waals surface area contributed by atoms with E-state index in [1.54, 1.807) is 48.5 Å². The van der Waals surface area contributed by atoms with Crippen molar-refractivity contribution in [2.24, 2.45) is 5.73 Å². The van der Waals surface area contributed by atoms with Gasteiger partial charge < -0.3 is 5.73 Å². The van der Waals surface area contributed by atoms with Crippen molar-refractivity contribution < 1.29 is 14.4 Å². The predicted octanol–water partition coefficient (Wildman–Crippen LogP) is 1.90. The van der Waals surface area contributed by atoms with Gasteiger partial charge in [0.1, 0.15) is 0 Å². The number of primary amides is 1. The summed E-state index contributed by atoms with van der Waals surface area (Å²) in [5.41, 5.74) is 6.73. The third-order valence-electron chi connectivity index (χ3n) is 3.72. The first-order valence-corrected chi connectivity index (χ1v) is 6.89. The summed E-state index contributed by atoms with van der Waals surface area (Å²) in [5, 5.41) is 0. The highest BCUT2D eigenvalue weighted by Crippen LogP contribution is 2.33. The molecular formula is C17H14N2O3. The van der Waals surface area contributed by atoms with Crippen molar-refractivity contribution in [1.82, 2.24) is 4.90 Å². The highest BCUT2D eigenvalue weighted by molar-refractivity contribution is 6.21. The monoisotopic (exact) mass is 294 g/mol. The normalized spacial score (nSPS) is 14.8. The van der Waals surface area contributed by atoms with Gasteiger partial charge in [-0.2, -0.15) is 0 Å². The first-order valence-electron chi connectivity index (χ1n) is 6.89. The van der Waals surface area contributed by atoms with Gasteiger partial charge >= 0.3 is 0 Å². The van der Waals surface area contributed by atoms with Gasteiger partial charge in [0.15, 0.2) is 0 Å². The topological polar surface area (TPSA) is 80.5 Å². The second-order valence-corrected chi connectivity index (χ2v) is 5.12. The number of amides is 3. The van der Waals surface area contributed by atoms with Gasteiger partial charge in [0.05, 0.1) is 23.6 Å². The molecule has 22 heavy (non-hydrogen) atoms. The molecule has 5 nitrogen and oxygen atoms in total. The molecule has 2 aromatic carbocycles. The number of hydrogen-bond donors (Lipinski definition) is 1. The van der Waals surface area contributed by atoms with Crippen molar-refractivity contribution in [3.63, 3.8) is 0 Å². The van der Waals surface area contributed by atoms with Crippen LogP contribution in [0, 0.1) is 0 Å². The number of benzene rings is 2. The lowest BCUT2D eigenvalue weighted by Gasteiger charge is -2.25. The summed E-state index contributed by atoms with van der Waals surface area (Å²) >= 11 is 0. The molecule has 3 rings (SSSR count). The zero-order valence-electron chi connectivity index (χ0n) is 11.7. The van der Waals surface area contributed by atoms with Crippen LogP contribution in [0.15, 0.2) is 54.6 Å². The van der Waals surface area contributed by atoms with Gasteiger partial charge in [-0.25, -0.2) is 0 Å². The molecule has 1 aliphatic heterocycles. The summed E-state index contributed by atoms with van der Waals surface area (Å²) < 4.78 is 0. The largest absolute Gasteiger partial charge is 0.370 e. The molecule has 0 fully saturated rings. The number of nitrogens with zero attached hydrogens (tertiary/aromatic N) is 1. The van der Waals surface area contributed by atoms with Gasteiger partial charge in [0.25, 0.3) is 11.8 Å². The summed E-state index contributed by atoms with van der Waals surface area (Å²) in [6, 6.07) is 14.9. The fraction of sp³-hybridized carbons (Fsp3) is 0.118. The Morgan fingerprint density at radius 1 is 0.909 bits per heavy atom. The minimum atomic E-state index is -0.689. The molecule has 1 heterocycles. The van der Waals surface area contributed by atoms with Crippen LogP contribution in [0.4, 0.5) is 0 Å². The van der Waals surface area contributed by atoms with Crippen molar-refractivity contribution in [2.45, 2.75) is 12.5 Å². The Morgan fingerprint density at radius 3 is 1.91 bits per heavy atom. The predicted molar refractivity (Wildman–Crippen MR) is 79.9 cm³/mol. The summed E-state index contributed by atoms with van der Waals surface area (Å²) in [6.45, 7) is 0. The molecule has 2 N–H and O–H groups in total. The molecule has 5 heteroatoms. The van der Waals surface area contributed by atoms with Gasteiger partial charge in [-0.3, -0.25) is 19.3 Å². The molecule has 0 aromatic heterocycles. The Hall–Kier alpha value is -2.95. The van der Waals surface area contributed by atoms with Crippen LogP contribution in [0.3, 0.4) is 0 Å². The van der Waals surface area contributed by atoms with Crippen molar-refractivity contribution >= 4 is 17.7 Å². The summed E-state index contributed by atoms with van der Waals surface area (Å²) in [7, 11) is 0. The van der Waals surface area contributed by atoms with Crippen molar-refractivity contribution in [3.05, 3.63) is 71.3 Å². The highest BCUT2D eigenvalue weighted by Gasteiger charge is 2.40. The number of imide groups is 1. The van der Waals surface area contributed by atoms with E-state index in [2.05, 4.69) is 0 Å². The number of carbonyl (C=O) groups excluding carboxylic acids is 3. The Labute approximate surface area is 127 Å². The standard InChI is InChI=1S/C17H14N2O3/c18-15(20)10-14(11-6-2-1-3-7-11)19-16(21)12-8-4-5-9-13(12)17(19)22/h1-9,14H,10H2,(H2,18,20). The van der Waals surface area contributed by atoms with Gasteiger partial charge in [0, 0.05) is 0 Å². The molecule has 0 saturated carbocycles. The van der Waals surface area contributed by atoms with Crippen LogP contribution in [-0.2, 0) is 4.79 Å². The third-order valence-corrected chi connectivity index (χ3v) is 3.72. The third kappa shape index (κ3) is 2.26. The van der Waals surface area contributed by atoms with E-state index in [4.69, 9.17) is 5.73 Å². The second kappa shape index (κ2) is 5.44. The smallest absolute Gasteiger partial charge is 0.262 e. The van der Waals surface area contributed by atoms with Gasteiger partial charge in [0.2, 0.25) is 5.91 Å². The summed E-state index contributed by atoms with van der Waals surface area (Å²) in [6.07, 6.45) is -0.102. The lowest BCUT2D eigenvalue weighted by atomic mass is 10.0. The Balaban J connectivity index is 2.05. The van der Waals surface area contributed by atoms with E-state index < -0.39 is 23.8 Å². The van der Waals surface area contributed by atoms with E-state index in [0.29, 0.717) is 16.7 Å². The molecule has 0 bridgehead atoms. The Morgan fingerprint density at radius 2 is 1.41 bits per heavy atom. The molecule has 3 amide bonds. The van der Waals surface area contributed by atoms with E-state index in [1.165, 1.54) is 0 Å². The lowest BCUT2D eigenvalue weighted by molar-refractivity contribution is -0.118. The first kappa shape index (κ1) is 14.0. The van der Waals surface area contributed by atoms with E-state index in [-0.39, 0.29) is 6.42 Å². The maximum Gasteiger partial charge on any atom is 0.262 e. The number of carbonyl (C=O) groups is 3. The molecule has 1 aliphatic rings. The molecule has 1 unspecified atom stereocenters. The summed E-state index contributed by atoms with van der Waals surface area (Å²) in [5.74, 6) is -1.35. The van der Waals surface area contributed by atoms with Crippen LogP contribution < -0.4 is 5.73 Å². The van der Waals surface area contributed by atoms with Gasteiger partial charge in [-0.15, -0.1) is 0 Å².